The first-order valence-corrected chi connectivity index (χ1v) is 11.1. The summed E-state index contributed by atoms with van der Waals surface area (Å²) >= 11 is 6.20. The van der Waals surface area contributed by atoms with Crippen molar-refractivity contribution in [3.8, 4) is 5.75 Å². The Kier molecular flexibility index (Phi) is 6.47. The molecule has 1 aliphatic rings. The number of benzene rings is 2. The lowest BCUT2D eigenvalue weighted by molar-refractivity contribution is 0.306. The van der Waals surface area contributed by atoms with Gasteiger partial charge < -0.3 is 15.0 Å². The second-order valence-corrected chi connectivity index (χ2v) is 8.29. The monoisotopic (exact) mass is 433 g/mol. The van der Waals surface area contributed by atoms with Crippen molar-refractivity contribution in [2.24, 2.45) is 0 Å². The molecule has 0 aliphatic carbocycles. The third-order valence-corrected chi connectivity index (χ3v) is 5.92. The van der Waals surface area contributed by atoms with Gasteiger partial charge in [0, 0.05) is 23.8 Å². The van der Waals surface area contributed by atoms with E-state index in [1.165, 1.54) is 11.1 Å². The predicted molar refractivity (Wildman–Crippen MR) is 130 cm³/mol. The van der Waals surface area contributed by atoms with Gasteiger partial charge in [-0.2, -0.15) is 0 Å². The minimum atomic E-state index is 0.0953. The van der Waals surface area contributed by atoms with Crippen LogP contribution in [0.4, 0.5) is 11.5 Å². The Labute approximate surface area is 189 Å². The Morgan fingerprint density at radius 2 is 2.03 bits per heavy atom. The second kappa shape index (κ2) is 9.44. The normalized spacial score (nSPS) is 13.8. The zero-order valence-corrected chi connectivity index (χ0v) is 18.8. The SMILES string of the molecule is C=C(CC)c1ccc([C@@H](C)Nc2nccc3c2N(Cc2cccc(Cl)c2)CCO3)cc1. The van der Waals surface area contributed by atoms with Gasteiger partial charge in [-0.05, 0) is 47.7 Å². The van der Waals surface area contributed by atoms with Crippen LogP contribution in [0.25, 0.3) is 5.57 Å². The summed E-state index contributed by atoms with van der Waals surface area (Å²) in [6.45, 7) is 10.6. The molecule has 1 aromatic heterocycles. The van der Waals surface area contributed by atoms with E-state index in [0.29, 0.717) is 6.61 Å². The quantitative estimate of drug-likeness (QED) is 0.448. The number of nitrogens with one attached hydrogen (secondary N) is 1. The van der Waals surface area contributed by atoms with Gasteiger partial charge in [0.2, 0.25) is 0 Å². The molecule has 160 valence electrons. The zero-order valence-electron chi connectivity index (χ0n) is 18.1. The second-order valence-electron chi connectivity index (χ2n) is 7.85. The smallest absolute Gasteiger partial charge is 0.153 e. The van der Waals surface area contributed by atoms with Gasteiger partial charge in [0.25, 0.3) is 0 Å². The van der Waals surface area contributed by atoms with Crippen molar-refractivity contribution in [2.75, 3.05) is 23.4 Å². The zero-order chi connectivity index (χ0) is 21.8. The minimum absolute atomic E-state index is 0.0953. The van der Waals surface area contributed by atoms with Gasteiger partial charge in [0.05, 0.1) is 12.6 Å². The average molecular weight is 434 g/mol. The topological polar surface area (TPSA) is 37.4 Å². The van der Waals surface area contributed by atoms with Crippen molar-refractivity contribution >= 4 is 28.7 Å². The average Bonchev–Trinajstić information content (AvgIpc) is 2.79. The lowest BCUT2D eigenvalue weighted by Crippen LogP contribution is -2.33. The predicted octanol–water partition coefficient (Wildman–Crippen LogP) is 6.73. The molecule has 2 aromatic carbocycles. The van der Waals surface area contributed by atoms with E-state index in [1.54, 1.807) is 6.20 Å². The highest BCUT2D eigenvalue weighted by molar-refractivity contribution is 6.30. The van der Waals surface area contributed by atoms with Crippen LogP contribution >= 0.6 is 11.6 Å². The number of allylic oxidation sites excluding steroid dienone is 1. The molecule has 3 aromatic rings. The Hall–Kier alpha value is -2.98. The summed E-state index contributed by atoms with van der Waals surface area (Å²) in [5, 5.41) is 4.34. The lowest BCUT2D eigenvalue weighted by Gasteiger charge is -2.33. The highest BCUT2D eigenvalue weighted by Crippen LogP contribution is 2.39. The largest absolute Gasteiger partial charge is 0.489 e. The molecule has 1 atom stereocenters. The van der Waals surface area contributed by atoms with Crippen LogP contribution in [-0.2, 0) is 6.54 Å². The van der Waals surface area contributed by atoms with E-state index < -0.39 is 0 Å². The van der Waals surface area contributed by atoms with E-state index in [9.17, 15) is 0 Å². The van der Waals surface area contributed by atoms with Crippen LogP contribution in [0.5, 0.6) is 5.75 Å². The molecular formula is C26H28ClN3O. The lowest BCUT2D eigenvalue weighted by atomic mass is 10.0. The van der Waals surface area contributed by atoms with Crippen LogP contribution in [0, 0.1) is 0 Å². The fraction of sp³-hybridized carbons (Fsp3) is 0.269. The molecule has 2 heterocycles. The first-order chi connectivity index (χ1) is 15.0. The highest BCUT2D eigenvalue weighted by atomic mass is 35.5. The molecule has 0 radical (unpaired) electrons. The van der Waals surface area contributed by atoms with Gasteiger partial charge in [0.15, 0.2) is 5.82 Å². The number of halogens is 1. The molecule has 0 unspecified atom stereocenters. The van der Waals surface area contributed by atoms with Crippen LogP contribution < -0.4 is 15.0 Å². The van der Waals surface area contributed by atoms with E-state index >= 15 is 0 Å². The van der Waals surface area contributed by atoms with Gasteiger partial charge in [-0.15, -0.1) is 0 Å². The summed E-state index contributed by atoms with van der Waals surface area (Å²) in [6, 6.07) is 18.6. The van der Waals surface area contributed by atoms with Gasteiger partial charge in [-0.25, -0.2) is 4.98 Å². The summed E-state index contributed by atoms with van der Waals surface area (Å²) in [4.78, 5) is 6.96. The number of pyridine rings is 1. The molecule has 0 spiro atoms. The number of nitrogens with zero attached hydrogens (tertiary/aromatic N) is 2. The number of anilines is 2. The van der Waals surface area contributed by atoms with Gasteiger partial charge in [0.1, 0.15) is 18.0 Å². The Morgan fingerprint density at radius 3 is 2.77 bits per heavy atom. The van der Waals surface area contributed by atoms with Gasteiger partial charge in [-0.3, -0.25) is 0 Å². The van der Waals surface area contributed by atoms with Crippen molar-refractivity contribution in [1.29, 1.82) is 0 Å². The standard InChI is InChI=1S/C26H28ClN3O/c1-4-18(2)21-8-10-22(11-9-21)19(3)29-26-25-24(12-13-28-26)31-15-14-30(25)17-20-6-5-7-23(27)16-20/h5-13,16,19H,2,4,14-15,17H2,1,3H3,(H,28,29)/t19-/m1/s1. The molecule has 0 saturated carbocycles. The summed E-state index contributed by atoms with van der Waals surface area (Å²) in [5.74, 6) is 1.68. The molecule has 0 bridgehead atoms. The van der Waals surface area contributed by atoms with Crippen molar-refractivity contribution in [1.82, 2.24) is 4.98 Å². The number of hydrogen-bond acceptors (Lipinski definition) is 4. The van der Waals surface area contributed by atoms with Crippen LogP contribution in [0.2, 0.25) is 5.02 Å². The maximum absolute atomic E-state index is 6.20. The summed E-state index contributed by atoms with van der Waals surface area (Å²) < 4.78 is 5.94. The molecule has 31 heavy (non-hydrogen) atoms. The van der Waals surface area contributed by atoms with Crippen LogP contribution in [0.1, 0.15) is 43.0 Å². The highest BCUT2D eigenvalue weighted by Gasteiger charge is 2.24. The minimum Gasteiger partial charge on any atom is -0.489 e. The molecular weight excluding hydrogens is 406 g/mol. The maximum Gasteiger partial charge on any atom is 0.153 e. The van der Waals surface area contributed by atoms with Crippen molar-refractivity contribution in [3.63, 3.8) is 0 Å². The fourth-order valence-electron chi connectivity index (χ4n) is 3.86. The summed E-state index contributed by atoms with van der Waals surface area (Å²) in [6.07, 6.45) is 2.75. The summed E-state index contributed by atoms with van der Waals surface area (Å²) in [7, 11) is 0. The molecule has 1 aliphatic heterocycles. The Morgan fingerprint density at radius 1 is 1.23 bits per heavy atom. The van der Waals surface area contributed by atoms with E-state index in [0.717, 1.165) is 52.9 Å². The van der Waals surface area contributed by atoms with E-state index in [1.807, 2.05) is 24.3 Å². The van der Waals surface area contributed by atoms with Crippen molar-refractivity contribution < 1.29 is 4.74 Å². The number of ether oxygens (including phenoxy) is 1. The number of hydrogen-bond donors (Lipinski definition) is 1. The molecule has 0 amide bonds. The Bertz CT molecular complexity index is 1060. The molecule has 4 rings (SSSR count). The molecule has 0 saturated heterocycles. The van der Waals surface area contributed by atoms with Crippen molar-refractivity contribution in [3.05, 3.63) is 89.1 Å². The van der Waals surface area contributed by atoms with Crippen molar-refractivity contribution in [2.45, 2.75) is 32.9 Å². The first-order valence-electron chi connectivity index (χ1n) is 10.7. The third kappa shape index (κ3) is 4.86. The van der Waals surface area contributed by atoms with E-state index in [4.69, 9.17) is 16.3 Å². The number of rotatable bonds is 7. The van der Waals surface area contributed by atoms with Crippen LogP contribution in [-0.4, -0.2) is 18.1 Å². The van der Waals surface area contributed by atoms with Crippen LogP contribution in [0.15, 0.2) is 67.4 Å². The van der Waals surface area contributed by atoms with E-state index in [2.05, 4.69) is 66.0 Å². The number of aromatic nitrogens is 1. The first kappa shape index (κ1) is 21.3. The van der Waals surface area contributed by atoms with Gasteiger partial charge in [-0.1, -0.05) is 61.5 Å². The molecule has 1 N–H and O–H groups in total. The van der Waals surface area contributed by atoms with E-state index in [-0.39, 0.29) is 6.04 Å². The molecule has 5 heteroatoms. The molecule has 0 fully saturated rings. The summed E-state index contributed by atoms with van der Waals surface area (Å²) in [5.41, 5.74) is 5.70. The Balaban J connectivity index is 1.57. The van der Waals surface area contributed by atoms with Crippen LogP contribution in [0.3, 0.4) is 0 Å². The van der Waals surface area contributed by atoms with Gasteiger partial charge >= 0.3 is 0 Å². The maximum atomic E-state index is 6.20. The fourth-order valence-corrected chi connectivity index (χ4v) is 4.07. The number of fused-ring (bicyclic) bond motifs is 1. The molecule has 4 nitrogen and oxygen atoms in total. The third-order valence-electron chi connectivity index (χ3n) is 5.68.